The van der Waals surface area contributed by atoms with E-state index in [0.717, 1.165) is 25.3 Å². The van der Waals surface area contributed by atoms with Gasteiger partial charge in [-0.3, -0.25) is 0 Å². The molecule has 0 spiro atoms. The molecule has 0 saturated carbocycles. The molecule has 1 atom stereocenters. The molecule has 0 amide bonds. The third-order valence-corrected chi connectivity index (χ3v) is 3.66. The predicted octanol–water partition coefficient (Wildman–Crippen LogP) is 2.95. The number of hydrogen-bond acceptors (Lipinski definition) is 3. The Bertz CT molecular complexity index is 601. The van der Waals surface area contributed by atoms with E-state index >= 15 is 0 Å². The monoisotopic (exact) mass is 249 g/mol. The predicted molar refractivity (Wildman–Crippen MR) is 75.0 cm³/mol. The van der Waals surface area contributed by atoms with Gasteiger partial charge in [-0.15, -0.1) is 0 Å². The molecule has 19 heavy (non-hydrogen) atoms. The highest BCUT2D eigenvalue weighted by Gasteiger charge is 2.24. The third kappa shape index (κ3) is 2.43. The van der Waals surface area contributed by atoms with E-state index in [1.807, 2.05) is 12.1 Å². The van der Waals surface area contributed by atoms with Gasteiger partial charge in [-0.2, -0.15) is 5.26 Å². The minimum Gasteiger partial charge on any atom is -0.356 e. The van der Waals surface area contributed by atoms with Crippen molar-refractivity contribution in [1.29, 1.82) is 5.26 Å². The summed E-state index contributed by atoms with van der Waals surface area (Å²) in [5.74, 6) is 1.48. The third-order valence-electron chi connectivity index (χ3n) is 3.66. The van der Waals surface area contributed by atoms with Gasteiger partial charge in [0.25, 0.3) is 0 Å². The molecule has 1 aromatic carbocycles. The molecule has 1 aliphatic heterocycles. The van der Waals surface area contributed by atoms with Crippen molar-refractivity contribution in [3.8, 4) is 6.07 Å². The van der Waals surface area contributed by atoms with E-state index in [9.17, 15) is 0 Å². The van der Waals surface area contributed by atoms with Crippen LogP contribution in [-0.2, 0) is 0 Å². The average molecular weight is 249 g/mol. The molecule has 94 valence electrons. The van der Waals surface area contributed by atoms with Gasteiger partial charge >= 0.3 is 0 Å². The highest BCUT2D eigenvalue weighted by Crippen LogP contribution is 2.29. The second kappa shape index (κ2) is 5.11. The number of anilines is 1. The molecule has 0 aliphatic carbocycles. The Hall–Kier alpha value is -2.34. The molecule has 1 aliphatic rings. The van der Waals surface area contributed by atoms with Crippen molar-refractivity contribution in [2.45, 2.75) is 12.3 Å². The van der Waals surface area contributed by atoms with Crippen LogP contribution < -0.4 is 4.90 Å². The Balaban J connectivity index is 1.77. The van der Waals surface area contributed by atoms with Crippen LogP contribution in [0, 0.1) is 11.3 Å². The molecule has 3 nitrogen and oxygen atoms in total. The normalized spacial score (nSPS) is 18.3. The molecule has 2 aromatic rings. The zero-order valence-electron chi connectivity index (χ0n) is 10.7. The topological polar surface area (TPSA) is 39.9 Å². The molecule has 1 unspecified atom stereocenters. The molecular formula is C16H15N3. The molecule has 2 heterocycles. The van der Waals surface area contributed by atoms with Crippen molar-refractivity contribution in [1.82, 2.24) is 4.98 Å². The van der Waals surface area contributed by atoms with Crippen LogP contribution in [0.1, 0.15) is 23.5 Å². The Morgan fingerprint density at radius 2 is 2.05 bits per heavy atom. The van der Waals surface area contributed by atoms with Crippen molar-refractivity contribution < 1.29 is 0 Å². The van der Waals surface area contributed by atoms with Crippen molar-refractivity contribution in [3.05, 3.63) is 59.8 Å². The van der Waals surface area contributed by atoms with Crippen LogP contribution in [-0.4, -0.2) is 18.1 Å². The van der Waals surface area contributed by atoms with Crippen molar-refractivity contribution >= 4 is 5.82 Å². The Labute approximate surface area is 113 Å². The van der Waals surface area contributed by atoms with Crippen LogP contribution in [0.5, 0.6) is 0 Å². The fourth-order valence-corrected chi connectivity index (χ4v) is 2.63. The van der Waals surface area contributed by atoms with Gasteiger partial charge in [0.05, 0.1) is 11.6 Å². The van der Waals surface area contributed by atoms with Gasteiger partial charge < -0.3 is 4.90 Å². The number of nitriles is 1. The summed E-state index contributed by atoms with van der Waals surface area (Å²) in [4.78, 5) is 6.63. The highest BCUT2D eigenvalue weighted by molar-refractivity contribution is 5.46. The lowest BCUT2D eigenvalue weighted by atomic mass is 9.99. The van der Waals surface area contributed by atoms with Crippen molar-refractivity contribution in [2.75, 3.05) is 18.0 Å². The smallest absolute Gasteiger partial charge is 0.129 e. The minimum atomic E-state index is 0.564. The number of pyridine rings is 1. The minimum absolute atomic E-state index is 0.564. The van der Waals surface area contributed by atoms with E-state index in [1.54, 1.807) is 12.3 Å². The van der Waals surface area contributed by atoms with E-state index in [2.05, 4.69) is 40.2 Å². The highest BCUT2D eigenvalue weighted by atomic mass is 15.2. The van der Waals surface area contributed by atoms with Gasteiger partial charge in [0.2, 0.25) is 0 Å². The van der Waals surface area contributed by atoms with E-state index in [1.165, 1.54) is 5.56 Å². The lowest BCUT2D eigenvalue weighted by Gasteiger charge is -2.17. The van der Waals surface area contributed by atoms with Crippen LogP contribution in [0.15, 0.2) is 48.7 Å². The first-order valence-corrected chi connectivity index (χ1v) is 6.53. The largest absolute Gasteiger partial charge is 0.356 e. The van der Waals surface area contributed by atoms with Crippen molar-refractivity contribution in [3.63, 3.8) is 0 Å². The first-order valence-electron chi connectivity index (χ1n) is 6.53. The molecular weight excluding hydrogens is 234 g/mol. The van der Waals surface area contributed by atoms with Gasteiger partial charge in [-0.1, -0.05) is 30.3 Å². The fourth-order valence-electron chi connectivity index (χ4n) is 2.63. The summed E-state index contributed by atoms with van der Waals surface area (Å²) in [5.41, 5.74) is 2.06. The van der Waals surface area contributed by atoms with E-state index in [0.29, 0.717) is 11.5 Å². The molecule has 3 heteroatoms. The van der Waals surface area contributed by atoms with Gasteiger partial charge in [0.1, 0.15) is 5.82 Å². The maximum absolute atomic E-state index is 8.94. The Morgan fingerprint density at radius 3 is 2.84 bits per heavy atom. The Morgan fingerprint density at radius 1 is 1.21 bits per heavy atom. The molecule has 0 N–H and O–H groups in total. The zero-order chi connectivity index (χ0) is 13.1. The number of rotatable bonds is 2. The fraction of sp³-hybridized carbons (Fsp3) is 0.250. The first-order chi connectivity index (χ1) is 9.36. The quantitative estimate of drug-likeness (QED) is 0.821. The van der Waals surface area contributed by atoms with E-state index < -0.39 is 0 Å². The number of nitrogens with zero attached hydrogens (tertiary/aromatic N) is 3. The van der Waals surface area contributed by atoms with Crippen LogP contribution in [0.4, 0.5) is 5.82 Å². The molecule has 1 fully saturated rings. The number of benzene rings is 1. The Kier molecular flexibility index (Phi) is 3.16. The van der Waals surface area contributed by atoms with Crippen LogP contribution >= 0.6 is 0 Å². The van der Waals surface area contributed by atoms with Gasteiger partial charge in [0.15, 0.2) is 0 Å². The SMILES string of the molecule is N#Cc1ccnc(N2CCC(c3ccccc3)C2)c1. The summed E-state index contributed by atoms with van der Waals surface area (Å²) in [5, 5.41) is 8.94. The lowest BCUT2D eigenvalue weighted by Crippen LogP contribution is -2.20. The van der Waals surface area contributed by atoms with Crippen LogP contribution in [0.3, 0.4) is 0 Å². The number of hydrogen-bond donors (Lipinski definition) is 0. The molecule has 3 rings (SSSR count). The summed E-state index contributed by atoms with van der Waals surface area (Å²) in [6, 6.07) is 16.4. The van der Waals surface area contributed by atoms with Gasteiger partial charge in [0, 0.05) is 25.2 Å². The maximum atomic E-state index is 8.94. The summed E-state index contributed by atoms with van der Waals surface area (Å²) < 4.78 is 0. The summed E-state index contributed by atoms with van der Waals surface area (Å²) in [6.07, 6.45) is 2.85. The number of aromatic nitrogens is 1. The molecule has 1 saturated heterocycles. The van der Waals surface area contributed by atoms with Gasteiger partial charge in [-0.05, 0) is 24.1 Å². The maximum Gasteiger partial charge on any atom is 0.129 e. The average Bonchev–Trinajstić information content (AvgIpc) is 2.98. The second-order valence-electron chi connectivity index (χ2n) is 4.86. The summed E-state index contributed by atoms with van der Waals surface area (Å²) >= 11 is 0. The van der Waals surface area contributed by atoms with Gasteiger partial charge in [-0.25, -0.2) is 4.98 Å². The molecule has 1 aromatic heterocycles. The standard InChI is InChI=1S/C16H15N3/c17-11-13-6-8-18-16(10-13)19-9-7-15(12-19)14-4-2-1-3-5-14/h1-6,8,10,15H,7,9,12H2. The second-order valence-corrected chi connectivity index (χ2v) is 4.86. The summed E-state index contributed by atoms with van der Waals surface area (Å²) in [6.45, 7) is 1.98. The van der Waals surface area contributed by atoms with Crippen LogP contribution in [0.25, 0.3) is 0 Å². The zero-order valence-corrected chi connectivity index (χ0v) is 10.7. The first kappa shape index (κ1) is 11.7. The molecule has 0 bridgehead atoms. The van der Waals surface area contributed by atoms with Crippen LogP contribution in [0.2, 0.25) is 0 Å². The van der Waals surface area contributed by atoms with E-state index in [-0.39, 0.29) is 0 Å². The summed E-state index contributed by atoms with van der Waals surface area (Å²) in [7, 11) is 0. The molecule has 0 radical (unpaired) electrons. The van der Waals surface area contributed by atoms with Crippen molar-refractivity contribution in [2.24, 2.45) is 0 Å². The van der Waals surface area contributed by atoms with E-state index in [4.69, 9.17) is 5.26 Å². The lowest BCUT2D eigenvalue weighted by molar-refractivity contribution is 0.774.